The zero-order valence-corrected chi connectivity index (χ0v) is 12.6. The molecule has 102 valence electrons. The topological polar surface area (TPSA) is 43.6 Å². The molecule has 0 aliphatic carbocycles. The molecule has 19 heavy (non-hydrogen) atoms. The SMILES string of the molecule is CCCn1cc(-c2cc(Cl)nc(C(C)(C)C)n2)cn1. The van der Waals surface area contributed by atoms with Crippen molar-refractivity contribution in [3.05, 3.63) is 29.4 Å². The van der Waals surface area contributed by atoms with Gasteiger partial charge in [0, 0.05) is 29.8 Å². The fourth-order valence-corrected chi connectivity index (χ4v) is 1.93. The highest BCUT2D eigenvalue weighted by Crippen LogP contribution is 2.25. The zero-order chi connectivity index (χ0) is 14.0. The van der Waals surface area contributed by atoms with E-state index in [0.29, 0.717) is 5.15 Å². The lowest BCUT2D eigenvalue weighted by atomic mass is 9.95. The van der Waals surface area contributed by atoms with Gasteiger partial charge in [-0.15, -0.1) is 0 Å². The van der Waals surface area contributed by atoms with Gasteiger partial charge in [-0.3, -0.25) is 4.68 Å². The van der Waals surface area contributed by atoms with Crippen molar-refractivity contribution in [2.75, 3.05) is 0 Å². The molecule has 0 amide bonds. The highest BCUT2D eigenvalue weighted by molar-refractivity contribution is 6.29. The minimum absolute atomic E-state index is 0.126. The Bertz CT molecular complexity index is 569. The van der Waals surface area contributed by atoms with Crippen LogP contribution in [0.25, 0.3) is 11.3 Å². The average molecular weight is 279 g/mol. The van der Waals surface area contributed by atoms with Gasteiger partial charge in [0.05, 0.1) is 11.9 Å². The summed E-state index contributed by atoms with van der Waals surface area (Å²) < 4.78 is 1.92. The van der Waals surface area contributed by atoms with Crippen molar-refractivity contribution in [2.45, 2.75) is 46.1 Å². The summed E-state index contributed by atoms with van der Waals surface area (Å²) in [6, 6.07) is 1.78. The molecule has 0 radical (unpaired) electrons. The van der Waals surface area contributed by atoms with Gasteiger partial charge in [0.25, 0.3) is 0 Å². The summed E-state index contributed by atoms with van der Waals surface area (Å²) in [5.74, 6) is 0.748. The van der Waals surface area contributed by atoms with E-state index >= 15 is 0 Å². The van der Waals surface area contributed by atoms with Crippen molar-refractivity contribution in [3.63, 3.8) is 0 Å². The number of halogens is 1. The van der Waals surface area contributed by atoms with Crippen molar-refractivity contribution in [1.29, 1.82) is 0 Å². The molecule has 2 heterocycles. The van der Waals surface area contributed by atoms with E-state index in [1.165, 1.54) is 0 Å². The first-order chi connectivity index (χ1) is 8.90. The van der Waals surface area contributed by atoms with Crippen LogP contribution in [0.1, 0.15) is 39.9 Å². The van der Waals surface area contributed by atoms with Gasteiger partial charge in [0.15, 0.2) is 0 Å². The second-order valence-electron chi connectivity index (χ2n) is 5.64. The van der Waals surface area contributed by atoms with E-state index in [1.807, 2.05) is 17.1 Å². The summed E-state index contributed by atoms with van der Waals surface area (Å²) in [6.45, 7) is 9.25. The molecular formula is C14H19ClN4. The molecule has 0 aliphatic heterocycles. The van der Waals surface area contributed by atoms with E-state index in [1.54, 1.807) is 6.07 Å². The molecule has 0 saturated carbocycles. The summed E-state index contributed by atoms with van der Waals surface area (Å²) in [5, 5.41) is 4.79. The lowest BCUT2D eigenvalue weighted by Gasteiger charge is -2.17. The predicted molar refractivity (Wildman–Crippen MR) is 77.3 cm³/mol. The monoisotopic (exact) mass is 278 g/mol. The minimum atomic E-state index is -0.126. The molecule has 0 bridgehead atoms. The largest absolute Gasteiger partial charge is 0.272 e. The molecule has 0 fully saturated rings. The lowest BCUT2D eigenvalue weighted by molar-refractivity contribution is 0.546. The number of rotatable bonds is 3. The summed E-state index contributed by atoms with van der Waals surface area (Å²) in [4.78, 5) is 8.90. The summed E-state index contributed by atoms with van der Waals surface area (Å²) in [6.07, 6.45) is 4.87. The molecule has 0 saturated heterocycles. The molecule has 0 atom stereocenters. The number of hydrogen-bond acceptors (Lipinski definition) is 3. The van der Waals surface area contributed by atoms with Crippen LogP contribution in [0.5, 0.6) is 0 Å². The minimum Gasteiger partial charge on any atom is -0.272 e. The highest BCUT2D eigenvalue weighted by Gasteiger charge is 2.19. The van der Waals surface area contributed by atoms with Crippen LogP contribution in [0.15, 0.2) is 18.5 Å². The lowest BCUT2D eigenvalue weighted by Crippen LogP contribution is -2.16. The molecule has 0 N–H and O–H groups in total. The smallest absolute Gasteiger partial charge is 0.136 e. The Kier molecular flexibility index (Phi) is 3.90. The van der Waals surface area contributed by atoms with Gasteiger partial charge >= 0.3 is 0 Å². The number of aromatic nitrogens is 4. The zero-order valence-electron chi connectivity index (χ0n) is 11.8. The predicted octanol–water partition coefficient (Wildman–Crippen LogP) is 3.70. The highest BCUT2D eigenvalue weighted by atomic mass is 35.5. The first-order valence-corrected chi connectivity index (χ1v) is 6.86. The van der Waals surface area contributed by atoms with Gasteiger partial charge in [-0.1, -0.05) is 39.3 Å². The van der Waals surface area contributed by atoms with E-state index in [-0.39, 0.29) is 5.41 Å². The fourth-order valence-electron chi connectivity index (χ4n) is 1.75. The maximum Gasteiger partial charge on any atom is 0.136 e. The van der Waals surface area contributed by atoms with E-state index in [0.717, 1.165) is 30.0 Å². The van der Waals surface area contributed by atoms with Gasteiger partial charge in [-0.2, -0.15) is 5.10 Å². The van der Waals surface area contributed by atoms with Crippen LogP contribution >= 0.6 is 11.6 Å². The Balaban J connectivity index is 2.41. The van der Waals surface area contributed by atoms with Gasteiger partial charge < -0.3 is 0 Å². The van der Waals surface area contributed by atoms with E-state index in [4.69, 9.17) is 11.6 Å². The van der Waals surface area contributed by atoms with Gasteiger partial charge in [0.1, 0.15) is 11.0 Å². The Morgan fingerprint density at radius 2 is 2.00 bits per heavy atom. The van der Waals surface area contributed by atoms with Gasteiger partial charge in [0.2, 0.25) is 0 Å². The number of nitrogens with zero attached hydrogens (tertiary/aromatic N) is 4. The van der Waals surface area contributed by atoms with Crippen LogP contribution in [-0.2, 0) is 12.0 Å². The van der Waals surface area contributed by atoms with Crippen LogP contribution < -0.4 is 0 Å². The number of aryl methyl sites for hydroxylation is 1. The van der Waals surface area contributed by atoms with Gasteiger partial charge in [-0.25, -0.2) is 9.97 Å². The molecule has 2 aromatic rings. The van der Waals surface area contributed by atoms with E-state index < -0.39 is 0 Å². The van der Waals surface area contributed by atoms with Crippen molar-refractivity contribution in [2.24, 2.45) is 0 Å². The second kappa shape index (κ2) is 5.29. The molecular weight excluding hydrogens is 260 g/mol. The molecule has 2 aromatic heterocycles. The first kappa shape index (κ1) is 14.0. The van der Waals surface area contributed by atoms with E-state index in [9.17, 15) is 0 Å². The van der Waals surface area contributed by atoms with Crippen LogP contribution in [0.4, 0.5) is 0 Å². The number of hydrogen-bond donors (Lipinski definition) is 0. The van der Waals surface area contributed by atoms with Crippen LogP contribution in [0, 0.1) is 0 Å². The van der Waals surface area contributed by atoms with Crippen molar-refractivity contribution in [1.82, 2.24) is 19.7 Å². The fraction of sp³-hybridized carbons (Fsp3) is 0.500. The molecule has 0 spiro atoms. The third-order valence-corrected chi connectivity index (χ3v) is 2.94. The van der Waals surface area contributed by atoms with Crippen molar-refractivity contribution in [3.8, 4) is 11.3 Å². The Morgan fingerprint density at radius 3 is 2.63 bits per heavy atom. The second-order valence-corrected chi connectivity index (χ2v) is 6.03. The Labute approximate surface area is 118 Å². The Hall–Kier alpha value is -1.42. The maximum atomic E-state index is 6.10. The van der Waals surface area contributed by atoms with Crippen LogP contribution in [-0.4, -0.2) is 19.7 Å². The molecule has 0 aliphatic rings. The first-order valence-electron chi connectivity index (χ1n) is 6.48. The standard InChI is InChI=1S/C14H19ClN4/c1-5-6-19-9-10(8-16-19)11-7-12(15)18-13(17-11)14(2,3)4/h7-9H,5-6H2,1-4H3. The summed E-state index contributed by atoms with van der Waals surface area (Å²) in [7, 11) is 0. The van der Waals surface area contributed by atoms with E-state index in [2.05, 4.69) is 42.8 Å². The quantitative estimate of drug-likeness (QED) is 0.804. The third kappa shape index (κ3) is 3.32. The van der Waals surface area contributed by atoms with Crippen molar-refractivity contribution < 1.29 is 0 Å². The third-order valence-electron chi connectivity index (χ3n) is 2.75. The van der Waals surface area contributed by atoms with Crippen LogP contribution in [0.3, 0.4) is 0 Å². The molecule has 0 aromatic carbocycles. The molecule has 4 nitrogen and oxygen atoms in total. The molecule has 0 unspecified atom stereocenters. The van der Waals surface area contributed by atoms with Crippen LogP contribution in [0.2, 0.25) is 5.15 Å². The Morgan fingerprint density at radius 1 is 1.26 bits per heavy atom. The maximum absolute atomic E-state index is 6.10. The summed E-state index contributed by atoms with van der Waals surface area (Å²) in [5.41, 5.74) is 1.68. The normalized spacial score (nSPS) is 11.8. The average Bonchev–Trinajstić information content (AvgIpc) is 2.76. The summed E-state index contributed by atoms with van der Waals surface area (Å²) >= 11 is 6.10. The molecule has 2 rings (SSSR count). The molecule has 5 heteroatoms. The van der Waals surface area contributed by atoms with Crippen molar-refractivity contribution >= 4 is 11.6 Å². The van der Waals surface area contributed by atoms with Gasteiger partial charge in [-0.05, 0) is 6.42 Å².